The fraction of sp³-hybridized carbons (Fsp3) is 0.214. The Kier molecular flexibility index (Phi) is 3.94. The summed E-state index contributed by atoms with van der Waals surface area (Å²) in [6, 6.07) is 10.2. The van der Waals surface area contributed by atoms with E-state index in [9.17, 15) is 4.79 Å². The molecule has 0 atom stereocenters. The first-order chi connectivity index (χ1) is 10.1. The van der Waals surface area contributed by atoms with Crippen LogP contribution in [0.1, 0.15) is 10.6 Å². The average molecular weight is 318 g/mol. The Bertz CT molecular complexity index is 804. The summed E-state index contributed by atoms with van der Waals surface area (Å²) in [6.07, 6.45) is 0. The lowest BCUT2D eigenvalue weighted by Crippen LogP contribution is -2.12. The van der Waals surface area contributed by atoms with Crippen molar-refractivity contribution in [1.29, 1.82) is 0 Å². The van der Waals surface area contributed by atoms with E-state index < -0.39 is 0 Å². The first kappa shape index (κ1) is 14.1. The van der Waals surface area contributed by atoms with Crippen molar-refractivity contribution in [2.24, 2.45) is 7.05 Å². The van der Waals surface area contributed by atoms with Crippen LogP contribution in [0.15, 0.2) is 40.3 Å². The predicted octanol–water partition coefficient (Wildman–Crippen LogP) is 2.83. The molecule has 0 unspecified atom stereocenters. The van der Waals surface area contributed by atoms with Crippen molar-refractivity contribution in [3.05, 3.63) is 51.4 Å². The van der Waals surface area contributed by atoms with Gasteiger partial charge in [-0.3, -0.25) is 4.57 Å². The first-order valence-corrected chi connectivity index (χ1v) is 8.21. The standard InChI is InChI=1S/C14H14N4OS2/c1-9-11(8-20-14-17-16-13(19)18(14)2)21-12(15-9)10-6-4-3-5-7-10/h3-7H,8H2,1-2H3,(H,16,19). The highest BCUT2D eigenvalue weighted by Gasteiger charge is 2.11. The van der Waals surface area contributed by atoms with Crippen LogP contribution in [-0.2, 0) is 12.8 Å². The summed E-state index contributed by atoms with van der Waals surface area (Å²) in [5.41, 5.74) is 1.98. The van der Waals surface area contributed by atoms with Gasteiger partial charge in [0.25, 0.3) is 0 Å². The third kappa shape index (κ3) is 2.93. The number of aromatic amines is 1. The number of nitrogens with zero attached hydrogens (tertiary/aromatic N) is 3. The zero-order valence-corrected chi connectivity index (χ0v) is 13.3. The number of thiazole rings is 1. The van der Waals surface area contributed by atoms with E-state index in [-0.39, 0.29) is 5.69 Å². The Hall–Kier alpha value is -1.86. The first-order valence-electron chi connectivity index (χ1n) is 6.41. The van der Waals surface area contributed by atoms with E-state index in [2.05, 4.69) is 27.3 Å². The number of hydrogen-bond donors (Lipinski definition) is 1. The maximum atomic E-state index is 11.3. The maximum Gasteiger partial charge on any atom is 0.343 e. The van der Waals surface area contributed by atoms with Crippen LogP contribution in [0.25, 0.3) is 10.6 Å². The molecule has 2 heterocycles. The molecule has 0 bridgehead atoms. The number of aromatic nitrogens is 4. The van der Waals surface area contributed by atoms with Crippen LogP contribution in [0.2, 0.25) is 0 Å². The molecule has 1 N–H and O–H groups in total. The lowest BCUT2D eigenvalue weighted by Gasteiger charge is -1.98. The van der Waals surface area contributed by atoms with Crippen LogP contribution in [0, 0.1) is 6.92 Å². The molecule has 0 radical (unpaired) electrons. The molecule has 0 saturated carbocycles. The Labute approximate surface area is 130 Å². The van der Waals surface area contributed by atoms with Gasteiger partial charge in [0.2, 0.25) is 0 Å². The minimum atomic E-state index is -0.191. The Balaban J connectivity index is 1.79. The zero-order valence-electron chi connectivity index (χ0n) is 11.7. The van der Waals surface area contributed by atoms with E-state index in [1.54, 1.807) is 18.4 Å². The molecule has 108 valence electrons. The minimum absolute atomic E-state index is 0.191. The second-order valence-electron chi connectivity index (χ2n) is 4.55. The van der Waals surface area contributed by atoms with Crippen LogP contribution < -0.4 is 5.69 Å². The second-order valence-corrected chi connectivity index (χ2v) is 6.58. The van der Waals surface area contributed by atoms with Gasteiger partial charge in [-0.2, -0.15) is 0 Å². The number of hydrogen-bond acceptors (Lipinski definition) is 5. The van der Waals surface area contributed by atoms with Crippen LogP contribution in [0.3, 0.4) is 0 Å². The van der Waals surface area contributed by atoms with E-state index in [0.717, 1.165) is 22.0 Å². The fourth-order valence-corrected chi connectivity index (χ4v) is 3.99. The van der Waals surface area contributed by atoms with Gasteiger partial charge in [0, 0.05) is 23.2 Å². The molecule has 0 aliphatic heterocycles. The highest BCUT2D eigenvalue weighted by atomic mass is 32.2. The van der Waals surface area contributed by atoms with Gasteiger partial charge in [0.05, 0.1) is 5.69 Å². The summed E-state index contributed by atoms with van der Waals surface area (Å²) in [4.78, 5) is 17.2. The number of aryl methyl sites for hydroxylation is 1. The molecule has 0 saturated heterocycles. The van der Waals surface area contributed by atoms with Crippen molar-refractivity contribution in [3.8, 4) is 10.6 Å². The molecule has 5 nitrogen and oxygen atoms in total. The molecule has 0 fully saturated rings. The molecule has 2 aromatic heterocycles. The summed E-state index contributed by atoms with van der Waals surface area (Å²) < 4.78 is 1.51. The van der Waals surface area contributed by atoms with Gasteiger partial charge in [-0.05, 0) is 6.92 Å². The maximum absolute atomic E-state index is 11.3. The Morgan fingerprint density at radius 2 is 2.10 bits per heavy atom. The van der Waals surface area contributed by atoms with Crippen molar-refractivity contribution in [3.63, 3.8) is 0 Å². The summed E-state index contributed by atoms with van der Waals surface area (Å²) in [7, 11) is 1.71. The summed E-state index contributed by atoms with van der Waals surface area (Å²) >= 11 is 3.22. The molecule has 0 amide bonds. The highest BCUT2D eigenvalue weighted by Crippen LogP contribution is 2.31. The van der Waals surface area contributed by atoms with Crippen LogP contribution in [0.4, 0.5) is 0 Å². The van der Waals surface area contributed by atoms with Gasteiger partial charge >= 0.3 is 5.69 Å². The van der Waals surface area contributed by atoms with Crippen molar-refractivity contribution in [2.45, 2.75) is 17.8 Å². The van der Waals surface area contributed by atoms with Crippen molar-refractivity contribution in [1.82, 2.24) is 19.7 Å². The molecular formula is C14H14N4OS2. The summed E-state index contributed by atoms with van der Waals surface area (Å²) in [5.74, 6) is 0.758. The van der Waals surface area contributed by atoms with Crippen molar-refractivity contribution >= 4 is 23.1 Å². The van der Waals surface area contributed by atoms with E-state index in [1.165, 1.54) is 21.2 Å². The number of thioether (sulfide) groups is 1. The van der Waals surface area contributed by atoms with Gasteiger partial charge in [0.1, 0.15) is 5.01 Å². The molecular weight excluding hydrogens is 304 g/mol. The van der Waals surface area contributed by atoms with Gasteiger partial charge in [-0.25, -0.2) is 14.9 Å². The lowest BCUT2D eigenvalue weighted by atomic mass is 10.2. The summed E-state index contributed by atoms with van der Waals surface area (Å²) in [5, 5.41) is 8.16. The predicted molar refractivity (Wildman–Crippen MR) is 85.7 cm³/mol. The fourth-order valence-electron chi connectivity index (χ4n) is 1.86. The third-order valence-electron chi connectivity index (χ3n) is 3.08. The number of nitrogens with one attached hydrogen (secondary N) is 1. The van der Waals surface area contributed by atoms with Crippen molar-refractivity contribution < 1.29 is 0 Å². The minimum Gasteiger partial charge on any atom is -0.273 e. The molecule has 3 aromatic rings. The van der Waals surface area contributed by atoms with Crippen LogP contribution >= 0.6 is 23.1 Å². The number of benzene rings is 1. The van der Waals surface area contributed by atoms with Crippen LogP contribution in [0.5, 0.6) is 0 Å². The number of H-pyrrole nitrogens is 1. The average Bonchev–Trinajstić information content (AvgIpc) is 3.02. The van der Waals surface area contributed by atoms with Gasteiger partial charge in [-0.1, -0.05) is 42.1 Å². The smallest absolute Gasteiger partial charge is 0.273 e. The van der Waals surface area contributed by atoms with Gasteiger partial charge in [-0.15, -0.1) is 16.4 Å². The monoisotopic (exact) mass is 318 g/mol. The topological polar surface area (TPSA) is 63.6 Å². The zero-order chi connectivity index (χ0) is 14.8. The molecule has 1 aromatic carbocycles. The van der Waals surface area contributed by atoms with E-state index in [4.69, 9.17) is 0 Å². The molecule has 21 heavy (non-hydrogen) atoms. The molecule has 0 aliphatic carbocycles. The van der Waals surface area contributed by atoms with E-state index >= 15 is 0 Å². The largest absolute Gasteiger partial charge is 0.343 e. The molecule has 7 heteroatoms. The Morgan fingerprint density at radius 3 is 2.76 bits per heavy atom. The molecule has 0 aliphatic rings. The quantitative estimate of drug-likeness (QED) is 0.751. The van der Waals surface area contributed by atoms with Crippen LogP contribution in [-0.4, -0.2) is 19.7 Å². The van der Waals surface area contributed by atoms with E-state index in [1.807, 2.05) is 25.1 Å². The third-order valence-corrected chi connectivity index (χ3v) is 5.53. The van der Waals surface area contributed by atoms with Crippen molar-refractivity contribution in [2.75, 3.05) is 0 Å². The lowest BCUT2D eigenvalue weighted by molar-refractivity contribution is 0.766. The second kappa shape index (κ2) is 5.87. The van der Waals surface area contributed by atoms with Gasteiger partial charge in [0.15, 0.2) is 5.16 Å². The van der Waals surface area contributed by atoms with Gasteiger partial charge < -0.3 is 0 Å². The molecule has 0 spiro atoms. The van der Waals surface area contributed by atoms with E-state index in [0.29, 0.717) is 5.16 Å². The normalized spacial score (nSPS) is 11.0. The molecule has 3 rings (SSSR count). The summed E-state index contributed by atoms with van der Waals surface area (Å²) in [6.45, 7) is 2.02. The SMILES string of the molecule is Cc1nc(-c2ccccc2)sc1CSc1n[nH]c(=O)n1C. The Morgan fingerprint density at radius 1 is 1.33 bits per heavy atom. The highest BCUT2D eigenvalue weighted by molar-refractivity contribution is 7.98. The number of rotatable bonds is 4.